The van der Waals surface area contributed by atoms with E-state index in [0.29, 0.717) is 33.4 Å². The number of ketones is 4. The molecule has 4 bridgehead atoms. The molecule has 0 saturated heterocycles. The summed E-state index contributed by atoms with van der Waals surface area (Å²) in [5.74, 6) is -2.24. The highest BCUT2D eigenvalue weighted by atomic mass is 16.2. The molecule has 0 N–H and O–H groups in total. The standard InChI is InChI=1S/C38H26O4/c1-19-11-15-21(16-12-19)27-28-29-31(33(40)24-8-4-3-7-23(24)32(29)39)38-34(27)37(38,30(28)22-17-13-20(2)14-18-22)35(41)25-9-5-6-10-26(25)36(38)42/h3-18,27-28,30,34H,1-2H3/t27?,28?,30?,34?,37-,38?/m0/s1. The highest BCUT2D eigenvalue weighted by Gasteiger charge is 2.97. The first-order valence-electron chi connectivity index (χ1n) is 14.6. The second-order valence-corrected chi connectivity index (χ2v) is 12.7. The van der Waals surface area contributed by atoms with Gasteiger partial charge in [-0.2, -0.15) is 0 Å². The molecule has 0 heterocycles. The van der Waals surface area contributed by atoms with Crippen molar-refractivity contribution in [3.05, 3.63) is 153 Å². The van der Waals surface area contributed by atoms with E-state index in [4.69, 9.17) is 0 Å². The van der Waals surface area contributed by atoms with Crippen LogP contribution < -0.4 is 0 Å². The minimum absolute atomic E-state index is 0.0708. The largest absolute Gasteiger partial charge is 0.293 e. The molecular formula is C38H26O4. The Morgan fingerprint density at radius 1 is 0.524 bits per heavy atom. The first-order valence-corrected chi connectivity index (χ1v) is 14.6. The van der Waals surface area contributed by atoms with Gasteiger partial charge in [0.25, 0.3) is 0 Å². The van der Waals surface area contributed by atoms with Crippen LogP contribution in [0.5, 0.6) is 0 Å². The summed E-state index contributed by atoms with van der Waals surface area (Å²) in [6.07, 6.45) is 0. The molecule has 6 aliphatic rings. The van der Waals surface area contributed by atoms with Crippen molar-refractivity contribution in [1.29, 1.82) is 0 Å². The first kappa shape index (κ1) is 24.0. The average Bonchev–Trinajstić information content (AvgIpc) is 3.56. The van der Waals surface area contributed by atoms with E-state index in [9.17, 15) is 9.59 Å². The van der Waals surface area contributed by atoms with E-state index >= 15 is 9.59 Å². The molecule has 4 aromatic carbocycles. The number of rotatable bonds is 2. The number of carbonyl (C=O) groups excluding carboxylic acids is 4. The van der Waals surface area contributed by atoms with Crippen molar-refractivity contribution in [2.75, 3.05) is 0 Å². The van der Waals surface area contributed by atoms with Gasteiger partial charge >= 0.3 is 0 Å². The van der Waals surface area contributed by atoms with Gasteiger partial charge in [0.1, 0.15) is 0 Å². The first-order chi connectivity index (χ1) is 20.3. The molecular weight excluding hydrogens is 520 g/mol. The van der Waals surface area contributed by atoms with E-state index in [1.165, 1.54) is 0 Å². The molecule has 0 radical (unpaired) electrons. The fourth-order valence-electron chi connectivity index (χ4n) is 9.68. The maximum atomic E-state index is 15.0. The van der Waals surface area contributed by atoms with Crippen LogP contribution in [0.1, 0.15) is 75.5 Å². The maximum Gasteiger partial charge on any atom is 0.191 e. The molecule has 0 amide bonds. The Bertz CT molecular complexity index is 2000. The number of aryl methyl sites for hydroxylation is 2. The minimum Gasteiger partial charge on any atom is -0.293 e. The van der Waals surface area contributed by atoms with Crippen LogP contribution in [-0.2, 0) is 0 Å². The van der Waals surface area contributed by atoms with E-state index in [0.717, 1.165) is 22.3 Å². The Labute approximate surface area is 243 Å². The molecule has 2 spiro atoms. The van der Waals surface area contributed by atoms with Gasteiger partial charge in [0, 0.05) is 45.2 Å². The number of hydrogen-bond acceptors (Lipinski definition) is 4. The van der Waals surface area contributed by atoms with Crippen molar-refractivity contribution in [2.45, 2.75) is 25.7 Å². The van der Waals surface area contributed by atoms with Crippen molar-refractivity contribution in [1.82, 2.24) is 0 Å². The summed E-state index contributed by atoms with van der Waals surface area (Å²) in [7, 11) is 0. The van der Waals surface area contributed by atoms with Gasteiger partial charge in [-0.25, -0.2) is 0 Å². The Hall–Kier alpha value is -4.70. The van der Waals surface area contributed by atoms with E-state index in [1.54, 1.807) is 48.5 Å². The molecule has 2 saturated carbocycles. The monoisotopic (exact) mass is 546 g/mol. The molecule has 4 nitrogen and oxygen atoms in total. The predicted molar refractivity (Wildman–Crippen MR) is 157 cm³/mol. The number of allylic oxidation sites excluding steroid dienone is 2. The SMILES string of the molecule is Cc1ccc(C2C3C4=C(C(=O)c5ccccc5C4=O)C45C(=O)c6ccccc6C(=O)[C@]4(C3c3ccc(C)cc3)C25)cc1. The molecule has 6 atom stereocenters. The molecule has 202 valence electrons. The molecule has 42 heavy (non-hydrogen) atoms. The lowest BCUT2D eigenvalue weighted by atomic mass is 9.51. The Kier molecular flexibility index (Phi) is 4.32. The fourth-order valence-corrected chi connectivity index (χ4v) is 9.68. The average molecular weight is 547 g/mol. The van der Waals surface area contributed by atoms with Crippen molar-refractivity contribution >= 4 is 23.1 Å². The number of fused-ring (bicyclic) bond motifs is 2. The van der Waals surface area contributed by atoms with Gasteiger partial charge in [-0.15, -0.1) is 0 Å². The Morgan fingerprint density at radius 2 is 1.02 bits per heavy atom. The Morgan fingerprint density at radius 3 is 1.62 bits per heavy atom. The van der Waals surface area contributed by atoms with Crippen LogP contribution >= 0.6 is 0 Å². The third-order valence-corrected chi connectivity index (χ3v) is 11.1. The van der Waals surface area contributed by atoms with Gasteiger partial charge in [0.05, 0.1) is 10.8 Å². The van der Waals surface area contributed by atoms with E-state index in [2.05, 4.69) is 24.3 Å². The van der Waals surface area contributed by atoms with Crippen molar-refractivity contribution in [3.8, 4) is 0 Å². The summed E-state index contributed by atoms with van der Waals surface area (Å²) in [6.45, 7) is 4.05. The smallest absolute Gasteiger partial charge is 0.191 e. The zero-order valence-corrected chi connectivity index (χ0v) is 23.2. The van der Waals surface area contributed by atoms with Crippen molar-refractivity contribution in [2.24, 2.45) is 22.7 Å². The van der Waals surface area contributed by atoms with Crippen LogP contribution in [0.25, 0.3) is 0 Å². The quantitative estimate of drug-likeness (QED) is 0.275. The van der Waals surface area contributed by atoms with E-state index in [-0.39, 0.29) is 29.1 Å². The van der Waals surface area contributed by atoms with Crippen molar-refractivity contribution in [3.63, 3.8) is 0 Å². The maximum absolute atomic E-state index is 15.0. The summed E-state index contributed by atoms with van der Waals surface area (Å²) < 4.78 is 0. The lowest BCUT2D eigenvalue weighted by Gasteiger charge is -2.48. The molecule has 6 aliphatic carbocycles. The second kappa shape index (κ2) is 7.57. The summed E-state index contributed by atoms with van der Waals surface area (Å²) in [4.78, 5) is 59.1. The van der Waals surface area contributed by atoms with Gasteiger partial charge in [-0.1, -0.05) is 108 Å². The predicted octanol–water partition coefficient (Wildman–Crippen LogP) is 6.87. The highest BCUT2D eigenvalue weighted by Crippen LogP contribution is 2.94. The zero-order chi connectivity index (χ0) is 28.7. The van der Waals surface area contributed by atoms with Crippen LogP contribution in [0, 0.1) is 36.5 Å². The van der Waals surface area contributed by atoms with E-state index < -0.39 is 28.6 Å². The summed E-state index contributed by atoms with van der Waals surface area (Å²) in [6, 6.07) is 30.4. The molecule has 5 unspecified atom stereocenters. The molecule has 2 fully saturated rings. The summed E-state index contributed by atoms with van der Waals surface area (Å²) >= 11 is 0. The zero-order valence-electron chi connectivity index (χ0n) is 23.2. The topological polar surface area (TPSA) is 68.3 Å². The van der Waals surface area contributed by atoms with Crippen LogP contribution in [0.4, 0.5) is 0 Å². The molecule has 0 aromatic heterocycles. The van der Waals surface area contributed by atoms with Gasteiger partial charge in [0.2, 0.25) is 0 Å². The number of benzene rings is 4. The second-order valence-electron chi connectivity index (χ2n) is 12.7. The van der Waals surface area contributed by atoms with E-state index in [1.807, 2.05) is 38.1 Å². The molecule has 4 heteroatoms. The Balaban J connectivity index is 1.44. The highest BCUT2D eigenvalue weighted by molar-refractivity contribution is 6.36. The van der Waals surface area contributed by atoms with Crippen LogP contribution in [0.15, 0.2) is 108 Å². The normalized spacial score (nSPS) is 31.4. The number of Topliss-reactive ketones (excluding diaryl/α,β-unsaturated/α-hetero) is 4. The van der Waals surface area contributed by atoms with Crippen LogP contribution in [-0.4, -0.2) is 23.1 Å². The van der Waals surface area contributed by atoms with Crippen molar-refractivity contribution < 1.29 is 19.2 Å². The van der Waals surface area contributed by atoms with Gasteiger partial charge < -0.3 is 0 Å². The van der Waals surface area contributed by atoms with Crippen LogP contribution in [0.3, 0.4) is 0 Å². The summed E-state index contributed by atoms with van der Waals surface area (Å²) in [5.41, 5.74) is 3.87. The fraction of sp³-hybridized carbons (Fsp3) is 0.211. The third-order valence-electron chi connectivity index (χ3n) is 11.1. The third kappa shape index (κ3) is 2.37. The molecule has 4 aromatic rings. The lowest BCUT2D eigenvalue weighted by Crippen LogP contribution is -2.51. The van der Waals surface area contributed by atoms with Gasteiger partial charge in [-0.05, 0) is 36.8 Å². The van der Waals surface area contributed by atoms with Gasteiger partial charge in [0.15, 0.2) is 23.1 Å². The number of carbonyl (C=O) groups is 4. The van der Waals surface area contributed by atoms with Gasteiger partial charge in [-0.3, -0.25) is 19.2 Å². The van der Waals surface area contributed by atoms with Crippen LogP contribution in [0.2, 0.25) is 0 Å². The minimum atomic E-state index is -1.38. The number of hydrogen-bond donors (Lipinski definition) is 0. The summed E-state index contributed by atoms with van der Waals surface area (Å²) in [5, 5.41) is 0. The molecule has 10 rings (SSSR count). The molecule has 0 aliphatic heterocycles. The lowest BCUT2D eigenvalue weighted by molar-refractivity contribution is 0.0661.